The van der Waals surface area contributed by atoms with Crippen molar-refractivity contribution in [2.45, 2.75) is 19.8 Å². The van der Waals surface area contributed by atoms with E-state index in [0.29, 0.717) is 6.54 Å². The van der Waals surface area contributed by atoms with Crippen LogP contribution in [0, 0.1) is 5.92 Å². The van der Waals surface area contributed by atoms with Gasteiger partial charge in [-0.3, -0.25) is 14.4 Å². The summed E-state index contributed by atoms with van der Waals surface area (Å²) < 4.78 is 4.58. The van der Waals surface area contributed by atoms with Gasteiger partial charge in [0.2, 0.25) is 11.8 Å². The molecule has 1 fully saturated rings. The van der Waals surface area contributed by atoms with E-state index in [-0.39, 0.29) is 31.3 Å². The Kier molecular flexibility index (Phi) is 4.93. The number of carbonyl (C=O) groups is 3. The van der Waals surface area contributed by atoms with E-state index in [0.717, 1.165) is 6.42 Å². The summed E-state index contributed by atoms with van der Waals surface area (Å²) in [7, 11) is 1.30. The number of likely N-dealkylation sites (tertiary alicyclic amines) is 1. The molecule has 1 saturated heterocycles. The van der Waals surface area contributed by atoms with Crippen LogP contribution < -0.4 is 5.32 Å². The normalized spacial score (nSPS) is 19.3. The van der Waals surface area contributed by atoms with E-state index in [1.807, 2.05) is 6.92 Å². The molecule has 6 nitrogen and oxygen atoms in total. The van der Waals surface area contributed by atoms with Gasteiger partial charge in [0.15, 0.2) is 0 Å². The zero-order chi connectivity index (χ0) is 12.8. The Morgan fingerprint density at radius 1 is 1.53 bits per heavy atom. The molecule has 1 rings (SSSR count). The fourth-order valence-corrected chi connectivity index (χ4v) is 1.74. The summed E-state index contributed by atoms with van der Waals surface area (Å²) in [6.07, 6.45) is 0.984. The first-order valence-electron chi connectivity index (χ1n) is 5.70. The van der Waals surface area contributed by atoms with Crippen molar-refractivity contribution < 1.29 is 19.1 Å². The highest BCUT2D eigenvalue weighted by Crippen LogP contribution is 2.18. The molecule has 0 saturated carbocycles. The third-order valence-electron chi connectivity index (χ3n) is 2.66. The van der Waals surface area contributed by atoms with Crippen molar-refractivity contribution in [2.75, 3.05) is 26.7 Å². The van der Waals surface area contributed by atoms with E-state index in [1.165, 1.54) is 12.0 Å². The van der Waals surface area contributed by atoms with Crippen molar-refractivity contribution in [3.05, 3.63) is 0 Å². The molecule has 0 aromatic carbocycles. The minimum atomic E-state index is -0.438. The summed E-state index contributed by atoms with van der Waals surface area (Å²) in [6.45, 7) is 2.84. The number of nitrogens with zero attached hydrogens (tertiary/aromatic N) is 1. The van der Waals surface area contributed by atoms with E-state index in [4.69, 9.17) is 0 Å². The number of rotatable bonds is 5. The van der Waals surface area contributed by atoms with Crippen LogP contribution in [0.25, 0.3) is 0 Å². The van der Waals surface area contributed by atoms with Gasteiger partial charge in [-0.05, 0) is 6.42 Å². The summed E-state index contributed by atoms with van der Waals surface area (Å²) in [6, 6.07) is 0. The standard InChI is InChI=1S/C11H18N2O4/c1-3-4-12-9(14)7-13-6-8(5-10(13)15)11(16)17-2/h8H,3-7H2,1-2H3,(H,12,14). The Labute approximate surface area is 100 Å². The molecule has 0 aliphatic carbocycles. The maximum Gasteiger partial charge on any atom is 0.310 e. The zero-order valence-corrected chi connectivity index (χ0v) is 10.2. The predicted molar refractivity (Wildman–Crippen MR) is 60.0 cm³/mol. The van der Waals surface area contributed by atoms with Crippen LogP contribution in [0.1, 0.15) is 19.8 Å². The highest BCUT2D eigenvalue weighted by Gasteiger charge is 2.35. The van der Waals surface area contributed by atoms with Crippen molar-refractivity contribution in [3.8, 4) is 0 Å². The van der Waals surface area contributed by atoms with Gasteiger partial charge >= 0.3 is 5.97 Å². The third-order valence-corrected chi connectivity index (χ3v) is 2.66. The van der Waals surface area contributed by atoms with Crippen molar-refractivity contribution >= 4 is 17.8 Å². The molecule has 0 aromatic heterocycles. The molecule has 1 aliphatic rings. The fraction of sp³-hybridized carbons (Fsp3) is 0.727. The Bertz CT molecular complexity index is 317. The lowest BCUT2D eigenvalue weighted by Crippen LogP contribution is -2.38. The minimum Gasteiger partial charge on any atom is -0.469 e. The maximum absolute atomic E-state index is 11.6. The number of amides is 2. The van der Waals surface area contributed by atoms with Crippen LogP contribution in [0.5, 0.6) is 0 Å². The third kappa shape index (κ3) is 3.72. The van der Waals surface area contributed by atoms with Crippen molar-refractivity contribution in [1.29, 1.82) is 0 Å². The molecule has 1 heterocycles. The topological polar surface area (TPSA) is 75.7 Å². The van der Waals surface area contributed by atoms with Gasteiger partial charge in [-0.15, -0.1) is 0 Å². The van der Waals surface area contributed by atoms with Crippen LogP contribution >= 0.6 is 0 Å². The first-order valence-corrected chi connectivity index (χ1v) is 5.70. The second-order valence-electron chi connectivity index (χ2n) is 4.05. The Morgan fingerprint density at radius 3 is 2.82 bits per heavy atom. The SMILES string of the molecule is CCCNC(=O)CN1CC(C(=O)OC)CC1=O. The van der Waals surface area contributed by atoms with Gasteiger partial charge < -0.3 is 15.0 Å². The minimum absolute atomic E-state index is 0.0202. The molecular weight excluding hydrogens is 224 g/mol. The molecule has 2 amide bonds. The molecule has 1 atom stereocenters. The van der Waals surface area contributed by atoms with Gasteiger partial charge in [0.25, 0.3) is 0 Å². The molecule has 96 valence electrons. The van der Waals surface area contributed by atoms with Crippen LogP contribution in [0.3, 0.4) is 0 Å². The maximum atomic E-state index is 11.6. The summed E-state index contributed by atoms with van der Waals surface area (Å²) in [5.41, 5.74) is 0. The van der Waals surface area contributed by atoms with Crippen LogP contribution in [-0.4, -0.2) is 49.4 Å². The quantitative estimate of drug-likeness (QED) is 0.662. The molecule has 6 heteroatoms. The molecule has 0 bridgehead atoms. The van der Waals surface area contributed by atoms with Crippen LogP contribution in [0.2, 0.25) is 0 Å². The lowest BCUT2D eigenvalue weighted by molar-refractivity contribution is -0.145. The first kappa shape index (κ1) is 13.5. The molecule has 1 unspecified atom stereocenters. The monoisotopic (exact) mass is 242 g/mol. The van der Waals surface area contributed by atoms with E-state index >= 15 is 0 Å². The van der Waals surface area contributed by atoms with E-state index in [2.05, 4.69) is 10.1 Å². The molecule has 0 spiro atoms. The first-order chi connectivity index (χ1) is 8.08. The van der Waals surface area contributed by atoms with Crippen LogP contribution in [0.15, 0.2) is 0 Å². The Balaban J connectivity index is 2.43. The van der Waals surface area contributed by atoms with Gasteiger partial charge in [-0.2, -0.15) is 0 Å². The second kappa shape index (κ2) is 6.22. The number of hydrogen-bond donors (Lipinski definition) is 1. The number of esters is 1. The molecular formula is C11H18N2O4. The molecule has 0 radical (unpaired) electrons. The summed E-state index contributed by atoms with van der Waals surface area (Å²) in [5.74, 6) is -1.20. The van der Waals surface area contributed by atoms with Crippen LogP contribution in [-0.2, 0) is 19.1 Å². The number of ether oxygens (including phenoxy) is 1. The fourth-order valence-electron chi connectivity index (χ4n) is 1.74. The van der Waals surface area contributed by atoms with Crippen molar-refractivity contribution in [3.63, 3.8) is 0 Å². The number of methoxy groups -OCH3 is 1. The Hall–Kier alpha value is -1.59. The van der Waals surface area contributed by atoms with Crippen molar-refractivity contribution in [1.82, 2.24) is 10.2 Å². The summed E-state index contributed by atoms with van der Waals surface area (Å²) in [5, 5.41) is 2.69. The smallest absolute Gasteiger partial charge is 0.310 e. The van der Waals surface area contributed by atoms with Gasteiger partial charge in [-0.1, -0.05) is 6.92 Å². The molecule has 1 N–H and O–H groups in total. The molecule has 17 heavy (non-hydrogen) atoms. The average molecular weight is 242 g/mol. The number of carbonyl (C=O) groups excluding carboxylic acids is 3. The number of nitrogens with one attached hydrogen (secondary N) is 1. The molecule has 1 aliphatic heterocycles. The highest BCUT2D eigenvalue weighted by molar-refractivity contribution is 5.90. The van der Waals surface area contributed by atoms with E-state index < -0.39 is 11.9 Å². The van der Waals surface area contributed by atoms with Gasteiger partial charge in [-0.25, -0.2) is 0 Å². The molecule has 0 aromatic rings. The van der Waals surface area contributed by atoms with Gasteiger partial charge in [0.1, 0.15) is 0 Å². The number of hydrogen-bond acceptors (Lipinski definition) is 4. The van der Waals surface area contributed by atoms with Gasteiger partial charge in [0.05, 0.1) is 19.6 Å². The van der Waals surface area contributed by atoms with E-state index in [9.17, 15) is 14.4 Å². The average Bonchev–Trinajstić information content (AvgIpc) is 2.67. The van der Waals surface area contributed by atoms with Gasteiger partial charge in [0, 0.05) is 19.5 Å². The zero-order valence-electron chi connectivity index (χ0n) is 10.2. The van der Waals surface area contributed by atoms with Crippen LogP contribution in [0.4, 0.5) is 0 Å². The lowest BCUT2D eigenvalue weighted by Gasteiger charge is -2.15. The van der Waals surface area contributed by atoms with E-state index in [1.54, 1.807) is 0 Å². The Morgan fingerprint density at radius 2 is 2.24 bits per heavy atom. The largest absolute Gasteiger partial charge is 0.469 e. The predicted octanol–water partition coefficient (Wildman–Crippen LogP) is -0.466. The lowest BCUT2D eigenvalue weighted by atomic mass is 10.1. The second-order valence-corrected chi connectivity index (χ2v) is 4.05. The summed E-state index contributed by atoms with van der Waals surface area (Å²) in [4.78, 5) is 35.6. The highest BCUT2D eigenvalue weighted by atomic mass is 16.5. The van der Waals surface area contributed by atoms with Crippen molar-refractivity contribution in [2.24, 2.45) is 5.92 Å². The summed E-state index contributed by atoms with van der Waals surface area (Å²) >= 11 is 0.